The van der Waals surface area contributed by atoms with E-state index >= 15 is 0 Å². The molecule has 0 spiro atoms. The molecule has 0 unspecified atom stereocenters. The van der Waals surface area contributed by atoms with Crippen LogP contribution in [0.5, 0.6) is 0 Å². The summed E-state index contributed by atoms with van der Waals surface area (Å²) in [6, 6.07) is 46.5. The molecule has 2 N–H and O–H groups in total. The number of allylic oxidation sites excluding steroid dienone is 10. The Morgan fingerprint density at radius 3 is 1.89 bits per heavy atom. The Morgan fingerprint density at radius 2 is 1.25 bits per heavy atom. The van der Waals surface area contributed by atoms with E-state index in [1.54, 1.807) is 0 Å². The summed E-state index contributed by atoms with van der Waals surface area (Å²) >= 11 is 0. The number of hydrogen-bond donors (Lipinski definition) is 1. The fourth-order valence-corrected chi connectivity index (χ4v) is 9.26. The van der Waals surface area contributed by atoms with Crippen molar-refractivity contribution in [2.75, 3.05) is 0 Å². The first-order chi connectivity index (χ1) is 27.7. The van der Waals surface area contributed by atoms with Crippen LogP contribution in [-0.4, -0.2) is 4.57 Å². The number of fused-ring (bicyclic) bond motifs is 7. The number of benzene rings is 6. The number of aromatic nitrogens is 1. The van der Waals surface area contributed by atoms with Gasteiger partial charge in [-0.1, -0.05) is 143 Å². The average molecular weight is 735 g/mol. The Morgan fingerprint density at radius 1 is 0.649 bits per heavy atom. The number of nitrogens with two attached hydrogens (primary N) is 1. The highest BCUT2D eigenvalue weighted by Gasteiger charge is 2.35. The lowest BCUT2D eigenvalue weighted by molar-refractivity contribution is 0.660. The van der Waals surface area contributed by atoms with Gasteiger partial charge in [-0.2, -0.15) is 0 Å². The molecule has 276 valence electrons. The van der Waals surface area contributed by atoms with Crippen LogP contribution in [0.3, 0.4) is 0 Å². The van der Waals surface area contributed by atoms with E-state index < -0.39 is 0 Å². The molecule has 0 saturated carbocycles. The Kier molecular flexibility index (Phi) is 8.59. The maximum absolute atomic E-state index is 7.16. The average Bonchev–Trinajstić information content (AvgIpc) is 3.83. The minimum absolute atomic E-state index is 0.0707. The molecule has 2 aliphatic rings. The molecule has 6 aromatic carbocycles. The highest BCUT2D eigenvalue weighted by Crippen LogP contribution is 2.50. The predicted octanol–water partition coefficient (Wildman–Crippen LogP) is 14.4. The number of hydrogen-bond acceptors (Lipinski definition) is 1. The van der Waals surface area contributed by atoms with Crippen LogP contribution < -0.4 is 5.73 Å². The second-order valence-corrected chi connectivity index (χ2v) is 15.7. The SMILES string of the molecule is C=CC1=C(C(=C)C)/C(=C(\N)c2cccc(-c3ccc4c(c3)c3cc(-c5ccc6c(c5)C(C)(C)c5ccccc5-6)ccc3n4/C(C=C)=C/C=C\C)c2)c2ccccc21. The molecule has 0 aliphatic heterocycles. The van der Waals surface area contributed by atoms with Crippen molar-refractivity contribution < 1.29 is 0 Å². The van der Waals surface area contributed by atoms with Gasteiger partial charge in [0.25, 0.3) is 0 Å². The van der Waals surface area contributed by atoms with Crippen LogP contribution in [0.15, 0.2) is 189 Å². The topological polar surface area (TPSA) is 30.9 Å². The van der Waals surface area contributed by atoms with Crippen LogP contribution in [-0.2, 0) is 5.41 Å². The van der Waals surface area contributed by atoms with E-state index in [0.29, 0.717) is 0 Å². The van der Waals surface area contributed by atoms with Gasteiger partial charge in [-0.25, -0.2) is 0 Å². The maximum atomic E-state index is 7.16. The van der Waals surface area contributed by atoms with E-state index in [1.807, 2.05) is 32.1 Å². The lowest BCUT2D eigenvalue weighted by Gasteiger charge is -2.22. The van der Waals surface area contributed by atoms with Gasteiger partial charge >= 0.3 is 0 Å². The molecule has 7 aromatic rings. The summed E-state index contributed by atoms with van der Waals surface area (Å²) in [7, 11) is 0. The van der Waals surface area contributed by atoms with Crippen molar-refractivity contribution in [2.45, 2.75) is 33.1 Å². The molecule has 0 saturated heterocycles. The summed E-state index contributed by atoms with van der Waals surface area (Å²) in [6.07, 6.45) is 10.1. The summed E-state index contributed by atoms with van der Waals surface area (Å²) < 4.78 is 2.33. The van der Waals surface area contributed by atoms with Gasteiger partial charge in [-0.05, 0) is 140 Å². The molecule has 0 radical (unpaired) electrons. The first kappa shape index (κ1) is 35.8. The summed E-state index contributed by atoms with van der Waals surface area (Å²) in [5, 5.41) is 2.37. The van der Waals surface area contributed by atoms with Crippen molar-refractivity contribution >= 4 is 44.3 Å². The molecule has 0 bridgehead atoms. The van der Waals surface area contributed by atoms with Crippen molar-refractivity contribution in [3.63, 3.8) is 0 Å². The zero-order chi connectivity index (χ0) is 39.6. The molecule has 2 nitrogen and oxygen atoms in total. The minimum atomic E-state index is -0.0707. The lowest BCUT2D eigenvalue weighted by atomic mass is 9.81. The van der Waals surface area contributed by atoms with Gasteiger partial charge < -0.3 is 10.3 Å². The van der Waals surface area contributed by atoms with E-state index in [9.17, 15) is 0 Å². The van der Waals surface area contributed by atoms with Gasteiger partial charge in [0.05, 0.1) is 11.0 Å². The standard InChI is InChI=1S/C55H46N2/c1-8-11-19-40(9-2)57-50-28-25-36(35-17-16-18-39(30-35)54(56)53-45-22-13-12-20-42(45)41(10-3)52(53)34(4)5)31-46(50)47-32-37(26-29-51(47)57)38-24-27-44-43-21-14-15-23-48(43)55(6,7)49(44)33-38/h8-33H,2-4,56H2,1,5-7H3/b11-8-,40-19+,54-53-. The third-order valence-corrected chi connectivity index (χ3v) is 12.0. The van der Waals surface area contributed by atoms with Crippen molar-refractivity contribution in [3.05, 3.63) is 216 Å². The molecule has 0 atom stereocenters. The van der Waals surface area contributed by atoms with Crippen molar-refractivity contribution in [3.8, 4) is 33.4 Å². The molecule has 2 aliphatic carbocycles. The third-order valence-electron chi connectivity index (χ3n) is 12.0. The normalized spacial score (nSPS) is 15.3. The van der Waals surface area contributed by atoms with E-state index in [1.165, 1.54) is 44.2 Å². The van der Waals surface area contributed by atoms with Crippen LogP contribution in [0.1, 0.15) is 55.5 Å². The largest absolute Gasteiger partial charge is 0.398 e. The van der Waals surface area contributed by atoms with E-state index in [2.05, 4.69) is 178 Å². The van der Waals surface area contributed by atoms with Gasteiger partial charge in [-0.15, -0.1) is 0 Å². The molecule has 1 aromatic heterocycles. The van der Waals surface area contributed by atoms with Crippen LogP contribution in [0.2, 0.25) is 0 Å². The van der Waals surface area contributed by atoms with Crippen molar-refractivity contribution in [1.82, 2.24) is 4.57 Å². The van der Waals surface area contributed by atoms with Gasteiger partial charge in [0, 0.05) is 33.2 Å². The van der Waals surface area contributed by atoms with Crippen LogP contribution in [0.25, 0.3) is 77.7 Å². The Labute approximate surface area is 336 Å². The zero-order valence-electron chi connectivity index (χ0n) is 33.2. The maximum Gasteiger partial charge on any atom is 0.0541 e. The predicted molar refractivity (Wildman–Crippen MR) is 247 cm³/mol. The summed E-state index contributed by atoms with van der Waals surface area (Å²) in [6.45, 7) is 21.5. The summed E-state index contributed by atoms with van der Waals surface area (Å²) in [4.78, 5) is 0. The first-order valence-electron chi connectivity index (χ1n) is 19.7. The van der Waals surface area contributed by atoms with E-state index in [4.69, 9.17) is 5.73 Å². The molecule has 2 heteroatoms. The summed E-state index contributed by atoms with van der Waals surface area (Å²) in [5.41, 5.74) is 28.5. The fourth-order valence-electron chi connectivity index (χ4n) is 9.26. The molecule has 9 rings (SSSR count). The highest BCUT2D eigenvalue weighted by atomic mass is 15.0. The monoisotopic (exact) mass is 734 g/mol. The Balaban J connectivity index is 1.21. The Bertz CT molecular complexity index is 3000. The van der Waals surface area contributed by atoms with Crippen LogP contribution in [0.4, 0.5) is 0 Å². The van der Waals surface area contributed by atoms with Gasteiger partial charge in [0.1, 0.15) is 0 Å². The molecule has 0 fully saturated rings. The van der Waals surface area contributed by atoms with Gasteiger partial charge in [0.2, 0.25) is 0 Å². The van der Waals surface area contributed by atoms with Gasteiger partial charge in [-0.3, -0.25) is 0 Å². The van der Waals surface area contributed by atoms with Crippen molar-refractivity contribution in [1.29, 1.82) is 0 Å². The molecule has 0 amide bonds. The van der Waals surface area contributed by atoms with Crippen LogP contribution >= 0.6 is 0 Å². The number of nitrogens with zero attached hydrogens (tertiary/aromatic N) is 1. The fraction of sp³-hybridized carbons (Fsp3) is 0.0909. The first-order valence-corrected chi connectivity index (χ1v) is 19.7. The van der Waals surface area contributed by atoms with Crippen molar-refractivity contribution in [2.24, 2.45) is 5.73 Å². The second kappa shape index (κ2) is 13.7. The van der Waals surface area contributed by atoms with Gasteiger partial charge in [0.15, 0.2) is 0 Å². The van der Waals surface area contributed by atoms with E-state index in [-0.39, 0.29) is 5.41 Å². The molecule has 57 heavy (non-hydrogen) atoms. The Hall–Kier alpha value is -6.90. The molecular weight excluding hydrogens is 689 g/mol. The highest BCUT2D eigenvalue weighted by molar-refractivity contribution is 6.14. The number of rotatable bonds is 8. The summed E-state index contributed by atoms with van der Waals surface area (Å²) in [5.74, 6) is 0. The minimum Gasteiger partial charge on any atom is -0.398 e. The molecular formula is C55H46N2. The lowest BCUT2D eigenvalue weighted by Crippen LogP contribution is -2.14. The smallest absolute Gasteiger partial charge is 0.0541 e. The zero-order valence-corrected chi connectivity index (χ0v) is 33.2. The quantitative estimate of drug-likeness (QED) is 0.155. The third kappa shape index (κ3) is 5.55. The molecule has 1 heterocycles. The van der Waals surface area contributed by atoms with E-state index in [0.717, 1.165) is 72.5 Å². The van der Waals surface area contributed by atoms with Crippen LogP contribution in [0, 0.1) is 0 Å². The second-order valence-electron chi connectivity index (χ2n) is 15.7.